The minimum Gasteiger partial charge on any atom is -0.478 e. The van der Waals surface area contributed by atoms with Crippen LogP contribution in [0.15, 0.2) is 60.7 Å². The van der Waals surface area contributed by atoms with Gasteiger partial charge in [0.15, 0.2) is 18.2 Å². The monoisotopic (exact) mass is 411 g/mol. The summed E-state index contributed by atoms with van der Waals surface area (Å²) in [4.78, 5) is 12.2. The van der Waals surface area contributed by atoms with Crippen LogP contribution in [-0.2, 0) is 30.3 Å². The van der Waals surface area contributed by atoms with Crippen molar-refractivity contribution in [2.45, 2.75) is 63.0 Å². The van der Waals surface area contributed by atoms with Crippen molar-refractivity contribution in [2.24, 2.45) is 0 Å². The van der Waals surface area contributed by atoms with Crippen molar-refractivity contribution in [2.75, 3.05) is 0 Å². The minimum absolute atomic E-state index is 0.173. The van der Waals surface area contributed by atoms with E-state index in [2.05, 4.69) is 5.32 Å². The number of β-lactam (4-membered cyclic amide) rings is 1. The molecule has 3 aliphatic rings. The average molecular weight is 411 g/mol. The highest BCUT2D eigenvalue weighted by Gasteiger charge is 2.61. The Bertz CT molecular complexity index is 889. The van der Waals surface area contributed by atoms with E-state index in [0.717, 1.165) is 5.56 Å². The SMILES string of the molecule is CC1(C)O[C@@H]2O[C@H]([C@@H]3NC(=O)[C@@H]3Oc3ccccc3)[C@@H](OCc3ccccc3)[C@@H]2O1. The smallest absolute Gasteiger partial charge is 0.263 e. The van der Waals surface area contributed by atoms with Crippen molar-refractivity contribution in [1.82, 2.24) is 5.32 Å². The molecule has 1 amide bonds. The quantitative estimate of drug-likeness (QED) is 0.736. The summed E-state index contributed by atoms with van der Waals surface area (Å²) < 4.78 is 30.4. The Kier molecular flexibility index (Phi) is 4.99. The van der Waals surface area contributed by atoms with E-state index >= 15 is 0 Å². The van der Waals surface area contributed by atoms with E-state index in [-0.39, 0.29) is 18.1 Å². The number of hydrogen-bond acceptors (Lipinski definition) is 6. The average Bonchev–Trinajstić information content (AvgIpc) is 3.21. The van der Waals surface area contributed by atoms with Crippen LogP contribution < -0.4 is 10.1 Å². The Balaban J connectivity index is 1.34. The maximum absolute atomic E-state index is 12.2. The molecule has 2 aromatic carbocycles. The summed E-state index contributed by atoms with van der Waals surface area (Å²) in [5, 5.41) is 2.91. The number of amides is 1. The molecule has 0 spiro atoms. The lowest BCUT2D eigenvalue weighted by Crippen LogP contribution is -2.71. The molecule has 3 aliphatic heterocycles. The van der Waals surface area contributed by atoms with Crippen molar-refractivity contribution < 1.29 is 28.5 Å². The summed E-state index contributed by atoms with van der Waals surface area (Å²) in [6.45, 7) is 4.11. The molecule has 0 bridgehead atoms. The standard InChI is InChI=1S/C23H25NO6/c1-23(2)29-20-19(26-13-14-9-5-3-6-10-14)17(28-22(20)30-23)16-18(21(25)24-16)27-15-11-7-4-8-12-15/h3-12,16-20,22H,13H2,1-2H3,(H,24,25)/t16-,17+,18+,19+,20-,22-/m0/s1. The Morgan fingerprint density at radius 3 is 2.37 bits per heavy atom. The highest BCUT2D eigenvalue weighted by atomic mass is 16.8. The first-order valence-corrected chi connectivity index (χ1v) is 10.2. The largest absolute Gasteiger partial charge is 0.478 e. The van der Waals surface area contributed by atoms with Crippen LogP contribution in [0.4, 0.5) is 0 Å². The minimum atomic E-state index is -0.753. The number of hydrogen-bond donors (Lipinski definition) is 1. The Morgan fingerprint density at radius 1 is 0.967 bits per heavy atom. The van der Waals surface area contributed by atoms with Gasteiger partial charge in [0.05, 0.1) is 6.61 Å². The number of rotatable bonds is 6. The molecule has 3 saturated heterocycles. The number of nitrogens with one attached hydrogen (secondary N) is 1. The third kappa shape index (κ3) is 3.70. The fourth-order valence-electron chi connectivity index (χ4n) is 4.17. The lowest BCUT2D eigenvalue weighted by atomic mass is 9.92. The van der Waals surface area contributed by atoms with Crippen molar-refractivity contribution >= 4 is 5.91 Å². The summed E-state index contributed by atoms with van der Waals surface area (Å²) in [5.41, 5.74) is 1.05. The molecule has 0 aliphatic carbocycles. The van der Waals surface area contributed by atoms with Gasteiger partial charge in [0.1, 0.15) is 30.1 Å². The Hall–Kier alpha value is -2.45. The normalized spacial score (nSPS) is 34.1. The molecule has 3 fully saturated rings. The second kappa shape index (κ2) is 7.67. The second-order valence-corrected chi connectivity index (χ2v) is 8.22. The fourth-order valence-corrected chi connectivity index (χ4v) is 4.17. The first kappa shape index (κ1) is 19.5. The highest BCUT2D eigenvalue weighted by molar-refractivity contribution is 5.89. The highest BCUT2D eigenvalue weighted by Crippen LogP contribution is 2.41. The van der Waals surface area contributed by atoms with Gasteiger partial charge in [0, 0.05) is 0 Å². The summed E-state index contributed by atoms with van der Waals surface area (Å²) in [7, 11) is 0. The van der Waals surface area contributed by atoms with Gasteiger partial charge < -0.3 is 29.0 Å². The summed E-state index contributed by atoms with van der Waals surface area (Å²) in [5.74, 6) is -0.290. The van der Waals surface area contributed by atoms with Gasteiger partial charge in [0.25, 0.3) is 5.91 Å². The number of fused-ring (bicyclic) bond motifs is 1. The predicted octanol–water partition coefficient (Wildman–Crippen LogP) is 2.39. The molecule has 158 valence electrons. The number of ether oxygens (including phenoxy) is 5. The summed E-state index contributed by atoms with van der Waals surface area (Å²) in [6.07, 6.45) is -2.47. The van der Waals surface area contributed by atoms with Gasteiger partial charge >= 0.3 is 0 Å². The number of carbonyl (C=O) groups is 1. The van der Waals surface area contributed by atoms with Crippen LogP contribution in [0.2, 0.25) is 0 Å². The van der Waals surface area contributed by atoms with Gasteiger partial charge in [0.2, 0.25) is 0 Å². The van der Waals surface area contributed by atoms with Gasteiger partial charge in [-0.3, -0.25) is 4.79 Å². The molecule has 3 heterocycles. The molecular formula is C23H25NO6. The maximum Gasteiger partial charge on any atom is 0.263 e. The zero-order chi connectivity index (χ0) is 20.7. The molecule has 0 aromatic heterocycles. The zero-order valence-electron chi connectivity index (χ0n) is 16.9. The van der Waals surface area contributed by atoms with Crippen LogP contribution >= 0.6 is 0 Å². The molecule has 7 heteroatoms. The van der Waals surface area contributed by atoms with Crippen molar-refractivity contribution in [3.63, 3.8) is 0 Å². The van der Waals surface area contributed by atoms with Gasteiger partial charge in [-0.25, -0.2) is 0 Å². The molecule has 2 aromatic rings. The van der Waals surface area contributed by atoms with E-state index in [0.29, 0.717) is 12.4 Å². The molecule has 7 nitrogen and oxygen atoms in total. The van der Waals surface area contributed by atoms with E-state index in [4.69, 9.17) is 23.7 Å². The van der Waals surface area contributed by atoms with Crippen molar-refractivity contribution in [3.8, 4) is 5.75 Å². The lowest BCUT2D eigenvalue weighted by Gasteiger charge is -2.41. The maximum atomic E-state index is 12.2. The molecule has 30 heavy (non-hydrogen) atoms. The number of para-hydroxylation sites is 1. The van der Waals surface area contributed by atoms with Crippen LogP contribution in [0.3, 0.4) is 0 Å². The predicted molar refractivity (Wildman–Crippen MR) is 107 cm³/mol. The van der Waals surface area contributed by atoms with E-state index in [1.165, 1.54) is 0 Å². The first-order valence-electron chi connectivity index (χ1n) is 10.2. The lowest BCUT2D eigenvalue weighted by molar-refractivity contribution is -0.228. The summed E-state index contributed by atoms with van der Waals surface area (Å²) in [6, 6.07) is 18.8. The van der Waals surface area contributed by atoms with Crippen LogP contribution in [0, 0.1) is 0 Å². The van der Waals surface area contributed by atoms with Gasteiger partial charge in [-0.1, -0.05) is 48.5 Å². The summed E-state index contributed by atoms with van der Waals surface area (Å²) >= 11 is 0. The van der Waals surface area contributed by atoms with Crippen LogP contribution in [0.25, 0.3) is 0 Å². The molecule has 6 atom stereocenters. The topological polar surface area (TPSA) is 75.3 Å². The van der Waals surface area contributed by atoms with Gasteiger partial charge in [-0.15, -0.1) is 0 Å². The van der Waals surface area contributed by atoms with Crippen LogP contribution in [0.1, 0.15) is 19.4 Å². The molecular weight excluding hydrogens is 386 g/mol. The molecule has 0 unspecified atom stereocenters. The molecule has 5 rings (SSSR count). The Labute approximate surface area is 175 Å². The van der Waals surface area contributed by atoms with Crippen LogP contribution in [-0.4, -0.2) is 48.4 Å². The molecule has 1 N–H and O–H groups in total. The van der Waals surface area contributed by atoms with E-state index < -0.39 is 30.4 Å². The van der Waals surface area contributed by atoms with Gasteiger partial charge in [-0.2, -0.15) is 0 Å². The van der Waals surface area contributed by atoms with Gasteiger partial charge in [-0.05, 0) is 31.5 Å². The van der Waals surface area contributed by atoms with E-state index in [1.54, 1.807) is 0 Å². The van der Waals surface area contributed by atoms with Crippen molar-refractivity contribution in [3.05, 3.63) is 66.2 Å². The third-order valence-corrected chi connectivity index (χ3v) is 5.57. The van der Waals surface area contributed by atoms with E-state index in [1.807, 2.05) is 74.5 Å². The molecule has 0 saturated carbocycles. The van der Waals surface area contributed by atoms with E-state index in [9.17, 15) is 4.79 Å². The number of carbonyl (C=O) groups excluding carboxylic acids is 1. The van der Waals surface area contributed by atoms with Crippen molar-refractivity contribution in [1.29, 1.82) is 0 Å². The number of benzene rings is 2. The second-order valence-electron chi connectivity index (χ2n) is 8.22. The zero-order valence-corrected chi connectivity index (χ0v) is 16.9. The fraction of sp³-hybridized carbons (Fsp3) is 0.435. The van der Waals surface area contributed by atoms with Crippen LogP contribution in [0.5, 0.6) is 5.75 Å². The molecule has 0 radical (unpaired) electrons. The third-order valence-electron chi connectivity index (χ3n) is 5.57. The first-order chi connectivity index (χ1) is 14.5. The Morgan fingerprint density at radius 2 is 1.67 bits per heavy atom.